The average molecular weight is 238 g/mol. The number of methoxy groups -OCH3 is 1. The van der Waals surface area contributed by atoms with Crippen LogP contribution in [0.25, 0.3) is 0 Å². The van der Waals surface area contributed by atoms with Gasteiger partial charge in [0.1, 0.15) is 5.82 Å². The van der Waals surface area contributed by atoms with Crippen molar-refractivity contribution in [2.75, 3.05) is 32.2 Å². The molecule has 1 N–H and O–H groups in total. The van der Waals surface area contributed by atoms with Crippen LogP contribution in [0.4, 0.5) is 5.82 Å². The fraction of sp³-hybridized carbons (Fsp3) is 0.500. The molecule has 1 aromatic rings. The summed E-state index contributed by atoms with van der Waals surface area (Å²) in [5.74, 6) is 0.705. The van der Waals surface area contributed by atoms with E-state index < -0.39 is 6.10 Å². The van der Waals surface area contributed by atoms with Gasteiger partial charge in [0, 0.05) is 32.5 Å². The minimum Gasteiger partial charge on any atom is -0.389 e. The number of aromatic nitrogens is 1. The lowest BCUT2D eigenvalue weighted by Gasteiger charge is -2.21. The Morgan fingerprint density at radius 1 is 1.59 bits per heavy atom. The largest absolute Gasteiger partial charge is 0.389 e. The highest BCUT2D eigenvalue weighted by Crippen LogP contribution is 2.10. The topological polar surface area (TPSA) is 62.7 Å². The Bertz CT molecular complexity index is 365. The number of carbonyl (C=O) groups is 1. The van der Waals surface area contributed by atoms with Crippen LogP contribution in [0.5, 0.6) is 0 Å². The average Bonchev–Trinajstić information content (AvgIpc) is 2.29. The van der Waals surface area contributed by atoms with E-state index >= 15 is 0 Å². The summed E-state index contributed by atoms with van der Waals surface area (Å²) in [6.07, 6.45) is 0.982. The molecule has 5 heteroatoms. The highest BCUT2D eigenvalue weighted by atomic mass is 16.5. The SMILES string of the molecule is COCC(O)CN(C)c1ccc(C(C)=O)cn1. The molecule has 1 rings (SSSR count). The van der Waals surface area contributed by atoms with Crippen molar-refractivity contribution in [1.29, 1.82) is 0 Å². The van der Waals surface area contributed by atoms with Crippen LogP contribution in [-0.4, -0.2) is 49.3 Å². The number of rotatable bonds is 6. The molecule has 94 valence electrons. The third-order valence-corrected chi connectivity index (χ3v) is 2.39. The van der Waals surface area contributed by atoms with Gasteiger partial charge < -0.3 is 14.7 Å². The molecular weight excluding hydrogens is 220 g/mol. The highest BCUT2D eigenvalue weighted by molar-refractivity contribution is 5.93. The molecule has 0 amide bonds. The van der Waals surface area contributed by atoms with Crippen molar-refractivity contribution < 1.29 is 14.6 Å². The van der Waals surface area contributed by atoms with Crippen molar-refractivity contribution in [3.8, 4) is 0 Å². The Morgan fingerprint density at radius 2 is 2.29 bits per heavy atom. The number of ether oxygens (including phenoxy) is 1. The Morgan fingerprint density at radius 3 is 2.76 bits per heavy atom. The standard InChI is InChI=1S/C12H18N2O3/c1-9(15)10-4-5-12(13-6-10)14(2)7-11(16)8-17-3/h4-6,11,16H,7-8H2,1-3H3. The van der Waals surface area contributed by atoms with Gasteiger partial charge >= 0.3 is 0 Å². The summed E-state index contributed by atoms with van der Waals surface area (Å²) < 4.78 is 4.85. The minimum atomic E-state index is -0.556. The van der Waals surface area contributed by atoms with Crippen molar-refractivity contribution in [2.45, 2.75) is 13.0 Å². The van der Waals surface area contributed by atoms with E-state index in [1.165, 1.54) is 13.1 Å². The number of aliphatic hydroxyl groups is 1. The van der Waals surface area contributed by atoms with Gasteiger partial charge in [-0.25, -0.2) is 4.98 Å². The molecule has 0 aliphatic heterocycles. The van der Waals surface area contributed by atoms with E-state index in [-0.39, 0.29) is 12.4 Å². The van der Waals surface area contributed by atoms with Gasteiger partial charge in [0.05, 0.1) is 12.7 Å². The lowest BCUT2D eigenvalue weighted by atomic mass is 10.2. The van der Waals surface area contributed by atoms with Crippen LogP contribution >= 0.6 is 0 Å². The van der Waals surface area contributed by atoms with Crippen LogP contribution < -0.4 is 4.90 Å². The molecule has 1 atom stereocenters. The van der Waals surface area contributed by atoms with Crippen molar-refractivity contribution in [3.05, 3.63) is 23.9 Å². The first-order chi connectivity index (χ1) is 8.04. The number of nitrogens with zero attached hydrogens (tertiary/aromatic N) is 2. The van der Waals surface area contributed by atoms with Gasteiger partial charge in [0.15, 0.2) is 5.78 Å². The van der Waals surface area contributed by atoms with Gasteiger partial charge in [0.2, 0.25) is 0 Å². The maximum absolute atomic E-state index is 11.1. The van der Waals surface area contributed by atoms with Crippen LogP contribution in [0.3, 0.4) is 0 Å². The fourth-order valence-corrected chi connectivity index (χ4v) is 1.47. The lowest BCUT2D eigenvalue weighted by Crippen LogP contribution is -2.32. The van der Waals surface area contributed by atoms with Crippen molar-refractivity contribution >= 4 is 11.6 Å². The van der Waals surface area contributed by atoms with Gasteiger partial charge in [-0.2, -0.15) is 0 Å². The molecule has 0 fully saturated rings. The van der Waals surface area contributed by atoms with E-state index in [4.69, 9.17) is 4.74 Å². The molecule has 1 heterocycles. The van der Waals surface area contributed by atoms with E-state index in [0.717, 1.165) is 0 Å². The van der Waals surface area contributed by atoms with Gasteiger partial charge in [-0.05, 0) is 19.1 Å². The molecule has 5 nitrogen and oxygen atoms in total. The second kappa shape index (κ2) is 6.32. The first-order valence-corrected chi connectivity index (χ1v) is 5.39. The monoisotopic (exact) mass is 238 g/mol. The summed E-state index contributed by atoms with van der Waals surface area (Å²) >= 11 is 0. The predicted octanol–water partition coefficient (Wildman–Crippen LogP) is 0.728. The molecular formula is C12H18N2O3. The first-order valence-electron chi connectivity index (χ1n) is 5.39. The quantitative estimate of drug-likeness (QED) is 0.740. The molecule has 0 saturated carbocycles. The number of pyridine rings is 1. The van der Waals surface area contributed by atoms with E-state index in [9.17, 15) is 9.90 Å². The summed E-state index contributed by atoms with van der Waals surface area (Å²) in [5.41, 5.74) is 0.583. The molecule has 0 bridgehead atoms. The van der Waals surface area contributed by atoms with Gasteiger partial charge in [-0.1, -0.05) is 0 Å². The number of likely N-dealkylation sites (N-methyl/N-ethyl adjacent to an activating group) is 1. The van der Waals surface area contributed by atoms with Crippen LogP contribution in [0.2, 0.25) is 0 Å². The number of anilines is 1. The van der Waals surface area contributed by atoms with E-state index in [2.05, 4.69) is 4.98 Å². The molecule has 0 aliphatic rings. The van der Waals surface area contributed by atoms with E-state index in [0.29, 0.717) is 17.9 Å². The number of Topliss-reactive ketones (excluding diaryl/α,β-unsaturated/α-hetero) is 1. The molecule has 1 aromatic heterocycles. The zero-order valence-electron chi connectivity index (χ0n) is 10.4. The summed E-state index contributed by atoms with van der Waals surface area (Å²) in [6, 6.07) is 3.49. The maximum atomic E-state index is 11.1. The summed E-state index contributed by atoms with van der Waals surface area (Å²) in [6.45, 7) is 2.22. The van der Waals surface area contributed by atoms with Crippen LogP contribution in [-0.2, 0) is 4.74 Å². The van der Waals surface area contributed by atoms with Crippen LogP contribution in [0.15, 0.2) is 18.3 Å². The van der Waals surface area contributed by atoms with Gasteiger partial charge in [0.25, 0.3) is 0 Å². The number of hydrogen-bond donors (Lipinski definition) is 1. The molecule has 17 heavy (non-hydrogen) atoms. The third kappa shape index (κ3) is 4.13. The maximum Gasteiger partial charge on any atom is 0.161 e. The van der Waals surface area contributed by atoms with E-state index in [1.54, 1.807) is 19.2 Å². The Kier molecular flexibility index (Phi) is 5.06. The zero-order chi connectivity index (χ0) is 12.8. The summed E-state index contributed by atoms with van der Waals surface area (Å²) in [4.78, 5) is 17.1. The number of ketones is 1. The zero-order valence-corrected chi connectivity index (χ0v) is 10.4. The number of aliphatic hydroxyl groups excluding tert-OH is 1. The predicted molar refractivity (Wildman–Crippen MR) is 65.4 cm³/mol. The molecule has 0 aromatic carbocycles. The molecule has 0 radical (unpaired) electrons. The Hall–Kier alpha value is -1.46. The molecule has 0 saturated heterocycles. The van der Waals surface area contributed by atoms with Gasteiger partial charge in [-0.3, -0.25) is 4.79 Å². The van der Waals surface area contributed by atoms with Crippen molar-refractivity contribution in [2.24, 2.45) is 0 Å². The number of carbonyl (C=O) groups excluding carboxylic acids is 1. The first kappa shape index (κ1) is 13.6. The Labute approximate surface area is 101 Å². The van der Waals surface area contributed by atoms with Crippen molar-refractivity contribution in [3.63, 3.8) is 0 Å². The third-order valence-electron chi connectivity index (χ3n) is 2.39. The lowest BCUT2D eigenvalue weighted by molar-refractivity contribution is 0.0694. The molecule has 1 unspecified atom stereocenters. The van der Waals surface area contributed by atoms with Crippen LogP contribution in [0, 0.1) is 0 Å². The normalized spacial score (nSPS) is 12.2. The van der Waals surface area contributed by atoms with Crippen molar-refractivity contribution in [1.82, 2.24) is 4.98 Å². The van der Waals surface area contributed by atoms with Crippen LogP contribution in [0.1, 0.15) is 17.3 Å². The molecule has 0 aliphatic carbocycles. The smallest absolute Gasteiger partial charge is 0.161 e. The second-order valence-electron chi connectivity index (χ2n) is 3.95. The van der Waals surface area contributed by atoms with E-state index in [1.807, 2.05) is 11.9 Å². The van der Waals surface area contributed by atoms with Gasteiger partial charge in [-0.15, -0.1) is 0 Å². The summed E-state index contributed by atoms with van der Waals surface area (Å²) in [5, 5.41) is 9.58. The molecule has 0 spiro atoms. The second-order valence-corrected chi connectivity index (χ2v) is 3.95. The number of hydrogen-bond acceptors (Lipinski definition) is 5. The summed E-state index contributed by atoms with van der Waals surface area (Å²) in [7, 11) is 3.37. The minimum absolute atomic E-state index is 0.00822. The highest BCUT2D eigenvalue weighted by Gasteiger charge is 2.10. The Balaban J connectivity index is 2.63. The fourth-order valence-electron chi connectivity index (χ4n) is 1.47.